The molecule has 0 saturated carbocycles. The van der Waals surface area contributed by atoms with Gasteiger partial charge in [-0.15, -0.1) is 0 Å². The second-order valence-corrected chi connectivity index (χ2v) is 15.3. The molecule has 0 unspecified atom stereocenters. The Morgan fingerprint density at radius 2 is 1.17 bits per heavy atom. The summed E-state index contributed by atoms with van der Waals surface area (Å²) in [4.78, 5) is 63.7. The van der Waals surface area contributed by atoms with Gasteiger partial charge in [0.2, 0.25) is 0 Å². The van der Waals surface area contributed by atoms with Gasteiger partial charge in [0.1, 0.15) is 54.2 Å². The lowest BCUT2D eigenvalue weighted by Crippen LogP contribution is -2.49. The zero-order valence-electron chi connectivity index (χ0n) is 36.9. The van der Waals surface area contributed by atoms with Crippen LogP contribution in [-0.2, 0) is 28.1 Å². The van der Waals surface area contributed by atoms with Crippen LogP contribution >= 0.6 is 15.9 Å². The number of ether oxygens (including phenoxy) is 2. The Hall–Kier alpha value is -8.12. The number of aromatic nitrogens is 7. The number of benzene rings is 2. The lowest BCUT2D eigenvalue weighted by Gasteiger charge is -2.20. The van der Waals surface area contributed by atoms with Crippen LogP contribution in [0.4, 0.5) is 33.3 Å². The molecule has 70 heavy (non-hydrogen) atoms. The van der Waals surface area contributed by atoms with Crippen molar-refractivity contribution in [3.8, 4) is 11.5 Å². The van der Waals surface area contributed by atoms with Gasteiger partial charge >= 0.3 is 0 Å². The number of nitrogens with one attached hydrogen (secondary N) is 3. The molecule has 2 atom stereocenters. The van der Waals surface area contributed by atoms with Gasteiger partial charge in [0.15, 0.2) is 23.0 Å². The SMILES string of the molecule is CN1C(=O)[C@@H](NC(=O)c2[nH]ncc2F)COc2ccccc21.CN1C(=O)[C@@H](NC(=O)c2nn(Cc3ccc(F)cn3)cc2F)COc2ccccc21.Fc1ccc(CBr)nc1.OCc1ccc(F)cn1. The molecule has 364 valence electrons. The van der Waals surface area contributed by atoms with E-state index in [2.05, 4.69) is 56.8 Å². The van der Waals surface area contributed by atoms with Crippen molar-refractivity contribution >= 4 is 50.9 Å². The number of H-pyrrole nitrogens is 1. The van der Waals surface area contributed by atoms with E-state index in [1.54, 1.807) is 68.7 Å². The van der Waals surface area contributed by atoms with Crippen molar-refractivity contribution in [1.29, 1.82) is 0 Å². The van der Waals surface area contributed by atoms with Crippen LogP contribution in [0, 0.1) is 29.1 Å². The number of carbonyl (C=O) groups is 4. The fourth-order valence-electron chi connectivity index (χ4n) is 6.28. The van der Waals surface area contributed by atoms with Crippen LogP contribution in [0.2, 0.25) is 0 Å². The van der Waals surface area contributed by atoms with Crippen molar-refractivity contribution in [3.63, 3.8) is 0 Å². The largest absolute Gasteiger partial charge is 0.489 e. The highest BCUT2D eigenvalue weighted by Gasteiger charge is 2.33. The maximum Gasteiger partial charge on any atom is 0.275 e. The molecule has 0 fully saturated rings. The number of rotatable bonds is 8. The molecule has 4 N–H and O–H groups in total. The average Bonchev–Trinajstić information content (AvgIpc) is 3.93. The number of amides is 4. The van der Waals surface area contributed by atoms with Crippen molar-refractivity contribution in [3.05, 3.63) is 173 Å². The highest BCUT2D eigenvalue weighted by molar-refractivity contribution is 9.08. The first kappa shape index (κ1) is 51.3. The van der Waals surface area contributed by atoms with Crippen LogP contribution in [-0.4, -0.2) is 103 Å². The summed E-state index contributed by atoms with van der Waals surface area (Å²) in [6.45, 7) is -0.232. The number of hydrogen-bond acceptors (Lipinski definition) is 12. The molecule has 4 amide bonds. The molecular weight excluding hydrogens is 993 g/mol. The fraction of sp³-hybridized carbons (Fsp3) is 0.196. The van der Waals surface area contributed by atoms with Crippen LogP contribution in [0.1, 0.15) is 38.1 Å². The molecule has 0 radical (unpaired) electrons. The van der Waals surface area contributed by atoms with Crippen LogP contribution in [0.15, 0.2) is 116 Å². The van der Waals surface area contributed by atoms with E-state index in [9.17, 15) is 41.1 Å². The summed E-state index contributed by atoms with van der Waals surface area (Å²) < 4.78 is 77.2. The highest BCUT2D eigenvalue weighted by atomic mass is 79.9. The molecular formula is C46H41BrF5N11O7. The molecule has 5 aromatic heterocycles. The van der Waals surface area contributed by atoms with E-state index in [-0.39, 0.29) is 49.6 Å². The minimum atomic E-state index is -1.02. The molecule has 2 aromatic carbocycles. The van der Waals surface area contributed by atoms with Gasteiger partial charge in [0.25, 0.3) is 23.6 Å². The predicted molar refractivity (Wildman–Crippen MR) is 244 cm³/mol. The quantitative estimate of drug-likeness (QED) is 0.113. The summed E-state index contributed by atoms with van der Waals surface area (Å²) >= 11 is 3.20. The Balaban J connectivity index is 0.000000174. The summed E-state index contributed by atoms with van der Waals surface area (Å²) in [5.74, 6) is -4.10. The smallest absolute Gasteiger partial charge is 0.275 e. The topological polar surface area (TPSA) is 223 Å². The number of halogens is 6. The number of para-hydroxylation sites is 4. The molecule has 0 saturated heterocycles. The molecule has 0 bridgehead atoms. The standard InChI is InChI=1S/C20H17F2N5O3.C14H13FN4O3.C6H5BrFN.C6H6FNO/c1-26-16-4-2-3-5-17(16)30-11-15(20(26)29)24-19(28)18-14(22)10-27(25-18)9-13-7-6-12(21)8-23-13;1-19-10-4-2-3-5-11(10)22-7-9(14(19)21)17-13(20)12-8(15)6-16-18-12;7-3-6-2-1-5(8)4-9-6;7-5-1-2-6(4-9)8-3-5/h2-8,10,15H,9,11H2,1H3,(H,24,28);2-6,9H,7H2,1H3,(H,16,18)(H,17,20);1-2,4H,3H2;1-3,9H,4H2/t15-;9-;;/m00../s1. The number of nitrogens with zero attached hydrogens (tertiary/aromatic N) is 8. The van der Waals surface area contributed by atoms with Gasteiger partial charge in [-0.2, -0.15) is 10.2 Å². The Morgan fingerprint density at radius 3 is 1.63 bits per heavy atom. The number of hydrogen-bond donors (Lipinski definition) is 4. The van der Waals surface area contributed by atoms with Crippen LogP contribution in [0.25, 0.3) is 0 Å². The van der Waals surface area contributed by atoms with Gasteiger partial charge < -0.3 is 35.0 Å². The van der Waals surface area contributed by atoms with E-state index in [4.69, 9.17) is 14.6 Å². The van der Waals surface area contributed by atoms with Crippen molar-refractivity contribution in [2.45, 2.75) is 30.6 Å². The first-order valence-electron chi connectivity index (χ1n) is 20.7. The van der Waals surface area contributed by atoms with Crippen molar-refractivity contribution < 1.29 is 55.7 Å². The number of pyridine rings is 3. The molecule has 18 nitrogen and oxygen atoms in total. The van der Waals surface area contributed by atoms with E-state index in [0.717, 1.165) is 30.5 Å². The molecule has 7 heterocycles. The number of carbonyl (C=O) groups excluding carboxylic acids is 4. The number of aliphatic hydroxyl groups excluding tert-OH is 1. The van der Waals surface area contributed by atoms with Crippen molar-refractivity contribution in [2.24, 2.45) is 0 Å². The predicted octanol–water partition coefficient (Wildman–Crippen LogP) is 5.29. The molecule has 0 spiro atoms. The van der Waals surface area contributed by atoms with Crippen molar-refractivity contribution in [1.82, 2.24) is 45.6 Å². The maximum atomic E-state index is 14.3. The number of anilines is 2. The van der Waals surface area contributed by atoms with Gasteiger partial charge in [-0.05, 0) is 60.7 Å². The van der Waals surface area contributed by atoms with Gasteiger partial charge in [0.05, 0.1) is 72.6 Å². The van der Waals surface area contributed by atoms with Crippen LogP contribution in [0.5, 0.6) is 11.5 Å². The van der Waals surface area contributed by atoms with Crippen LogP contribution < -0.4 is 29.9 Å². The Labute approximate surface area is 403 Å². The summed E-state index contributed by atoms with van der Waals surface area (Å²) in [5, 5.41) is 23.7. The first-order valence-corrected chi connectivity index (χ1v) is 21.8. The fourth-order valence-corrected chi connectivity index (χ4v) is 6.62. The highest BCUT2D eigenvalue weighted by Crippen LogP contribution is 2.31. The first-order chi connectivity index (χ1) is 33.6. The molecule has 9 rings (SSSR count). The number of likely N-dealkylation sites (N-methyl/N-ethyl adjacent to an activating group) is 2. The van der Waals surface area contributed by atoms with Gasteiger partial charge in [0, 0.05) is 19.4 Å². The number of aliphatic hydroxyl groups is 1. The molecule has 0 aliphatic carbocycles. The van der Waals surface area contributed by atoms with E-state index in [0.29, 0.717) is 39.6 Å². The number of fused-ring (bicyclic) bond motifs is 2. The maximum absolute atomic E-state index is 14.3. The van der Waals surface area contributed by atoms with E-state index in [1.165, 1.54) is 51.0 Å². The number of alkyl halides is 1. The van der Waals surface area contributed by atoms with Crippen molar-refractivity contribution in [2.75, 3.05) is 37.1 Å². The summed E-state index contributed by atoms with van der Waals surface area (Å²) in [5.41, 5.74) is 2.16. The van der Waals surface area contributed by atoms with Gasteiger partial charge in [-0.3, -0.25) is 43.9 Å². The minimum absolute atomic E-state index is 0.0400. The Morgan fingerprint density at radius 1 is 0.686 bits per heavy atom. The van der Waals surface area contributed by atoms with Crippen LogP contribution in [0.3, 0.4) is 0 Å². The van der Waals surface area contributed by atoms with E-state index in [1.807, 2.05) is 0 Å². The molecule has 24 heteroatoms. The second-order valence-electron chi connectivity index (χ2n) is 14.7. The summed E-state index contributed by atoms with van der Waals surface area (Å²) in [6, 6.07) is 20.5. The molecule has 2 aliphatic rings. The minimum Gasteiger partial charge on any atom is -0.489 e. The van der Waals surface area contributed by atoms with Gasteiger partial charge in [-0.1, -0.05) is 40.2 Å². The third-order valence-corrected chi connectivity index (χ3v) is 10.4. The van der Waals surface area contributed by atoms with Gasteiger partial charge in [-0.25, -0.2) is 22.0 Å². The second kappa shape index (κ2) is 24.2. The monoisotopic (exact) mass is 1030 g/mol. The summed E-state index contributed by atoms with van der Waals surface area (Å²) in [7, 11) is 3.16. The Kier molecular flexibility index (Phi) is 17.8. The zero-order chi connectivity index (χ0) is 50.3. The Bertz CT molecular complexity index is 2850. The molecule has 2 aliphatic heterocycles. The number of aromatic amines is 1. The normalized spacial score (nSPS) is 14.8. The third kappa shape index (κ3) is 13.5. The van der Waals surface area contributed by atoms with E-state index < -0.39 is 53.0 Å². The third-order valence-electron chi connectivity index (χ3n) is 9.87. The molecule has 7 aromatic rings. The zero-order valence-corrected chi connectivity index (χ0v) is 38.5. The average molecular weight is 1030 g/mol. The summed E-state index contributed by atoms with van der Waals surface area (Å²) in [6.07, 6.45) is 5.24. The lowest BCUT2D eigenvalue weighted by molar-refractivity contribution is -0.121. The van der Waals surface area contributed by atoms with E-state index >= 15 is 0 Å². The lowest BCUT2D eigenvalue weighted by atomic mass is 10.2.